The van der Waals surface area contributed by atoms with Gasteiger partial charge in [0.1, 0.15) is 5.69 Å². The number of aromatic amines is 1. The number of fused-ring (bicyclic) bond motifs is 1. The van der Waals surface area contributed by atoms with E-state index in [-0.39, 0.29) is 24.4 Å². The summed E-state index contributed by atoms with van der Waals surface area (Å²) in [5.41, 5.74) is 6.72. The molecule has 0 bridgehead atoms. The normalized spacial score (nSPS) is 19.0. The molecule has 2 aliphatic heterocycles. The smallest absolute Gasteiger partial charge is 0.269 e. The summed E-state index contributed by atoms with van der Waals surface area (Å²) < 4.78 is 10.6. The van der Waals surface area contributed by atoms with Gasteiger partial charge in [0.15, 0.2) is 11.5 Å². The van der Waals surface area contributed by atoms with Crippen LogP contribution in [-0.2, 0) is 0 Å². The van der Waals surface area contributed by atoms with E-state index in [9.17, 15) is 9.59 Å². The minimum atomic E-state index is -0.591. The van der Waals surface area contributed by atoms with Crippen molar-refractivity contribution in [2.45, 2.75) is 25.3 Å². The monoisotopic (exact) mass is 342 g/mol. The molecule has 2 amide bonds. The maximum Gasteiger partial charge on any atom is 0.269 e. The Morgan fingerprint density at radius 3 is 2.84 bits per heavy atom. The molecular weight excluding hydrogens is 324 g/mol. The SMILES string of the molecule is NC(=O)c1cc(C2CCCCN2C(=O)c2ccc3c(c2)OCO3)[nH]n1. The van der Waals surface area contributed by atoms with Crippen LogP contribution in [0, 0.1) is 0 Å². The molecule has 1 unspecified atom stereocenters. The molecule has 130 valence electrons. The first-order valence-electron chi connectivity index (χ1n) is 8.19. The van der Waals surface area contributed by atoms with Crippen molar-refractivity contribution in [3.8, 4) is 11.5 Å². The summed E-state index contributed by atoms with van der Waals surface area (Å²) in [5, 5.41) is 6.78. The molecule has 1 saturated heterocycles. The number of H-pyrrole nitrogens is 1. The molecule has 1 atom stereocenters. The predicted octanol–water partition coefficient (Wildman–Crippen LogP) is 1.60. The van der Waals surface area contributed by atoms with Crippen molar-refractivity contribution in [1.29, 1.82) is 0 Å². The van der Waals surface area contributed by atoms with E-state index >= 15 is 0 Å². The number of hydrogen-bond acceptors (Lipinski definition) is 5. The van der Waals surface area contributed by atoms with Gasteiger partial charge in [-0.1, -0.05) is 0 Å². The van der Waals surface area contributed by atoms with Crippen LogP contribution in [0.1, 0.15) is 51.8 Å². The fourth-order valence-corrected chi connectivity index (χ4v) is 3.33. The summed E-state index contributed by atoms with van der Waals surface area (Å²) in [6, 6.07) is 6.66. The molecule has 2 aliphatic rings. The van der Waals surface area contributed by atoms with Crippen LogP contribution in [-0.4, -0.2) is 40.2 Å². The number of hydrogen-bond donors (Lipinski definition) is 2. The van der Waals surface area contributed by atoms with Crippen LogP contribution < -0.4 is 15.2 Å². The van der Waals surface area contributed by atoms with Crippen LogP contribution in [0.5, 0.6) is 11.5 Å². The minimum absolute atomic E-state index is 0.0850. The molecule has 0 saturated carbocycles. The number of ether oxygens (including phenoxy) is 2. The number of carbonyl (C=O) groups is 2. The third kappa shape index (κ3) is 2.79. The molecule has 0 spiro atoms. The highest BCUT2D eigenvalue weighted by molar-refractivity contribution is 5.95. The Kier molecular flexibility index (Phi) is 3.79. The molecule has 1 aromatic carbocycles. The van der Waals surface area contributed by atoms with Crippen molar-refractivity contribution in [3.63, 3.8) is 0 Å². The number of rotatable bonds is 3. The van der Waals surface area contributed by atoms with Crippen molar-refractivity contribution < 1.29 is 19.1 Å². The molecule has 4 rings (SSSR count). The third-order valence-electron chi connectivity index (χ3n) is 4.59. The number of nitrogens with one attached hydrogen (secondary N) is 1. The highest BCUT2D eigenvalue weighted by Crippen LogP contribution is 2.35. The van der Waals surface area contributed by atoms with Crippen LogP contribution in [0.2, 0.25) is 0 Å². The Labute approximate surface area is 143 Å². The van der Waals surface area contributed by atoms with E-state index in [2.05, 4.69) is 10.2 Å². The van der Waals surface area contributed by atoms with Gasteiger partial charge in [0.2, 0.25) is 6.79 Å². The highest BCUT2D eigenvalue weighted by atomic mass is 16.7. The number of aromatic nitrogens is 2. The van der Waals surface area contributed by atoms with Crippen molar-refractivity contribution in [2.75, 3.05) is 13.3 Å². The first-order valence-corrected chi connectivity index (χ1v) is 8.19. The summed E-state index contributed by atoms with van der Waals surface area (Å²) in [4.78, 5) is 26.1. The highest BCUT2D eigenvalue weighted by Gasteiger charge is 2.31. The topological polar surface area (TPSA) is 111 Å². The van der Waals surface area contributed by atoms with Gasteiger partial charge in [-0.2, -0.15) is 5.10 Å². The van der Waals surface area contributed by atoms with Crippen molar-refractivity contribution in [2.24, 2.45) is 5.73 Å². The third-order valence-corrected chi connectivity index (χ3v) is 4.59. The Balaban J connectivity index is 1.61. The number of benzene rings is 1. The van der Waals surface area contributed by atoms with E-state index in [0.29, 0.717) is 23.6 Å². The van der Waals surface area contributed by atoms with Gasteiger partial charge >= 0.3 is 0 Å². The number of nitrogens with zero attached hydrogens (tertiary/aromatic N) is 2. The second-order valence-electron chi connectivity index (χ2n) is 6.15. The first kappa shape index (κ1) is 15.5. The van der Waals surface area contributed by atoms with Gasteiger partial charge < -0.3 is 20.1 Å². The summed E-state index contributed by atoms with van der Waals surface area (Å²) in [7, 11) is 0. The Morgan fingerprint density at radius 2 is 2.04 bits per heavy atom. The van der Waals surface area contributed by atoms with Gasteiger partial charge in [-0.3, -0.25) is 14.7 Å². The number of nitrogens with two attached hydrogens (primary N) is 1. The zero-order chi connectivity index (χ0) is 17.4. The van der Waals surface area contributed by atoms with E-state index in [1.807, 2.05) is 0 Å². The van der Waals surface area contributed by atoms with E-state index in [4.69, 9.17) is 15.2 Å². The fraction of sp³-hybridized carbons (Fsp3) is 0.353. The molecule has 1 fully saturated rings. The molecule has 8 heteroatoms. The van der Waals surface area contributed by atoms with Crippen molar-refractivity contribution >= 4 is 11.8 Å². The van der Waals surface area contributed by atoms with Gasteiger partial charge in [0.05, 0.1) is 11.7 Å². The predicted molar refractivity (Wildman–Crippen MR) is 87.3 cm³/mol. The standard InChI is InChI=1S/C17H18N4O4/c18-16(22)12-8-11(19-20-12)13-3-1-2-6-21(13)17(23)10-4-5-14-15(7-10)25-9-24-14/h4-5,7-8,13H,1-3,6,9H2,(H2,18,22)(H,19,20). The van der Waals surface area contributed by atoms with Crippen molar-refractivity contribution in [1.82, 2.24) is 15.1 Å². The number of piperidine rings is 1. The fourth-order valence-electron chi connectivity index (χ4n) is 3.33. The zero-order valence-corrected chi connectivity index (χ0v) is 13.5. The first-order chi connectivity index (χ1) is 12.1. The maximum atomic E-state index is 13.0. The average Bonchev–Trinajstić information content (AvgIpc) is 3.29. The molecule has 0 aliphatic carbocycles. The Morgan fingerprint density at radius 1 is 1.20 bits per heavy atom. The molecule has 3 heterocycles. The number of likely N-dealkylation sites (tertiary alicyclic amines) is 1. The van der Waals surface area contributed by atoms with Crippen LogP contribution in [0.15, 0.2) is 24.3 Å². The van der Waals surface area contributed by atoms with Crippen LogP contribution >= 0.6 is 0 Å². The molecular formula is C17H18N4O4. The van der Waals surface area contributed by atoms with Gasteiger partial charge in [0.25, 0.3) is 11.8 Å². The largest absolute Gasteiger partial charge is 0.454 e. The maximum absolute atomic E-state index is 13.0. The summed E-state index contributed by atoms with van der Waals surface area (Å²) >= 11 is 0. The molecule has 25 heavy (non-hydrogen) atoms. The summed E-state index contributed by atoms with van der Waals surface area (Å²) in [5.74, 6) is 0.550. The van der Waals surface area contributed by atoms with Crippen LogP contribution in [0.3, 0.4) is 0 Å². The van der Waals surface area contributed by atoms with Gasteiger partial charge in [-0.05, 0) is 43.5 Å². The van der Waals surface area contributed by atoms with E-state index in [0.717, 1.165) is 25.0 Å². The van der Waals surface area contributed by atoms with E-state index < -0.39 is 5.91 Å². The number of primary amides is 1. The average molecular weight is 342 g/mol. The van der Waals surface area contributed by atoms with Crippen molar-refractivity contribution in [3.05, 3.63) is 41.2 Å². The minimum Gasteiger partial charge on any atom is -0.454 e. The Hall–Kier alpha value is -3.03. The van der Waals surface area contributed by atoms with Gasteiger partial charge in [0, 0.05) is 12.1 Å². The molecule has 1 aromatic heterocycles. The van der Waals surface area contributed by atoms with Gasteiger partial charge in [-0.25, -0.2) is 0 Å². The number of carbonyl (C=O) groups excluding carboxylic acids is 2. The van der Waals surface area contributed by atoms with Crippen LogP contribution in [0.4, 0.5) is 0 Å². The summed E-state index contributed by atoms with van der Waals surface area (Å²) in [6.45, 7) is 0.812. The lowest BCUT2D eigenvalue weighted by Crippen LogP contribution is -2.38. The quantitative estimate of drug-likeness (QED) is 0.880. The molecule has 0 radical (unpaired) electrons. The second-order valence-corrected chi connectivity index (χ2v) is 6.15. The molecule has 8 nitrogen and oxygen atoms in total. The Bertz CT molecular complexity index is 832. The molecule has 3 N–H and O–H groups in total. The van der Waals surface area contributed by atoms with Crippen LogP contribution in [0.25, 0.3) is 0 Å². The zero-order valence-electron chi connectivity index (χ0n) is 13.5. The lowest BCUT2D eigenvalue weighted by atomic mass is 9.98. The number of amides is 2. The van der Waals surface area contributed by atoms with E-state index in [1.54, 1.807) is 29.2 Å². The lowest BCUT2D eigenvalue weighted by molar-refractivity contribution is 0.0605. The molecule has 2 aromatic rings. The van der Waals surface area contributed by atoms with E-state index in [1.165, 1.54) is 0 Å². The second kappa shape index (κ2) is 6.12. The lowest BCUT2D eigenvalue weighted by Gasteiger charge is -2.35. The van der Waals surface area contributed by atoms with Gasteiger partial charge in [-0.15, -0.1) is 0 Å². The summed E-state index contributed by atoms with van der Waals surface area (Å²) in [6.07, 6.45) is 2.74.